The summed E-state index contributed by atoms with van der Waals surface area (Å²) < 4.78 is 9.36. The summed E-state index contributed by atoms with van der Waals surface area (Å²) >= 11 is 0. The van der Waals surface area contributed by atoms with E-state index in [9.17, 15) is 0 Å². The van der Waals surface area contributed by atoms with E-state index in [1.54, 1.807) is 0 Å². The SMILES string of the molecule is C#C.COC=O.C[C@H]1CC(C)(C)CN1c1nc(Nc2cc(C3CC3)[nH]n2)nc(N2CCOCC2)n1. The number of carbonyl (C=O) groups is 1. The highest BCUT2D eigenvalue weighted by atomic mass is 16.5. The minimum Gasteiger partial charge on any atom is -0.471 e. The van der Waals surface area contributed by atoms with Crippen molar-refractivity contribution in [3.63, 3.8) is 0 Å². The van der Waals surface area contributed by atoms with Gasteiger partial charge in [-0.2, -0.15) is 20.1 Å². The Morgan fingerprint density at radius 1 is 1.20 bits per heavy atom. The average Bonchev–Trinajstić information content (AvgIpc) is 3.55. The highest BCUT2D eigenvalue weighted by Crippen LogP contribution is 2.40. The molecule has 35 heavy (non-hydrogen) atoms. The molecule has 0 radical (unpaired) electrons. The van der Waals surface area contributed by atoms with Gasteiger partial charge >= 0.3 is 0 Å². The van der Waals surface area contributed by atoms with Gasteiger partial charge in [-0.3, -0.25) is 9.89 Å². The number of rotatable bonds is 6. The van der Waals surface area contributed by atoms with Gasteiger partial charge in [-0.25, -0.2) is 0 Å². The Balaban J connectivity index is 0.000000521. The second-order valence-electron chi connectivity index (χ2n) is 9.64. The number of hydrogen-bond acceptors (Lipinski definition) is 10. The van der Waals surface area contributed by atoms with Gasteiger partial charge in [0, 0.05) is 43.4 Å². The van der Waals surface area contributed by atoms with Crippen LogP contribution in [0.3, 0.4) is 0 Å². The maximum absolute atomic E-state index is 8.95. The van der Waals surface area contributed by atoms with Crippen LogP contribution in [0.25, 0.3) is 0 Å². The zero-order valence-electron chi connectivity index (χ0n) is 21.0. The van der Waals surface area contributed by atoms with Crippen LogP contribution < -0.4 is 15.1 Å². The van der Waals surface area contributed by atoms with Gasteiger partial charge in [0.05, 0.1) is 20.3 Å². The number of morpholine rings is 1. The predicted molar refractivity (Wildman–Crippen MR) is 135 cm³/mol. The molecule has 2 N–H and O–H groups in total. The number of methoxy groups -OCH3 is 1. The molecule has 0 spiro atoms. The molecular formula is C24H36N8O3. The quantitative estimate of drug-likeness (QED) is 0.467. The Morgan fingerprint density at radius 2 is 1.86 bits per heavy atom. The van der Waals surface area contributed by atoms with Gasteiger partial charge in [0.25, 0.3) is 6.47 Å². The number of nitrogens with one attached hydrogen (secondary N) is 2. The van der Waals surface area contributed by atoms with E-state index in [-0.39, 0.29) is 5.41 Å². The Morgan fingerprint density at radius 3 is 2.43 bits per heavy atom. The minimum atomic E-state index is 0.250. The summed E-state index contributed by atoms with van der Waals surface area (Å²) in [6.45, 7) is 11.1. The lowest BCUT2D eigenvalue weighted by molar-refractivity contribution is -0.126. The molecule has 1 saturated carbocycles. The summed E-state index contributed by atoms with van der Waals surface area (Å²) in [7, 11) is 1.31. The van der Waals surface area contributed by atoms with E-state index in [1.165, 1.54) is 25.6 Å². The predicted octanol–water partition coefficient (Wildman–Crippen LogP) is 2.72. The lowest BCUT2D eigenvalue weighted by Gasteiger charge is -2.29. The van der Waals surface area contributed by atoms with Gasteiger partial charge in [0.15, 0.2) is 5.82 Å². The van der Waals surface area contributed by atoms with Crippen LogP contribution in [0.4, 0.5) is 23.7 Å². The fraction of sp³-hybridized carbons (Fsp3) is 0.625. The van der Waals surface area contributed by atoms with Crippen molar-refractivity contribution in [2.45, 2.75) is 52.0 Å². The van der Waals surface area contributed by atoms with Crippen LogP contribution in [0.2, 0.25) is 0 Å². The molecule has 11 nitrogen and oxygen atoms in total. The molecule has 2 saturated heterocycles. The van der Waals surface area contributed by atoms with E-state index in [4.69, 9.17) is 24.5 Å². The van der Waals surface area contributed by atoms with Crippen LogP contribution in [0.1, 0.15) is 51.6 Å². The van der Waals surface area contributed by atoms with Crippen LogP contribution in [-0.4, -0.2) is 77.6 Å². The Kier molecular flexibility index (Phi) is 8.87. The van der Waals surface area contributed by atoms with Crippen molar-refractivity contribution in [2.24, 2.45) is 5.41 Å². The molecule has 190 valence electrons. The second-order valence-corrected chi connectivity index (χ2v) is 9.64. The fourth-order valence-electron chi connectivity index (χ4n) is 4.42. The highest BCUT2D eigenvalue weighted by Gasteiger charge is 2.37. The molecule has 2 aromatic rings. The van der Waals surface area contributed by atoms with E-state index in [1.807, 2.05) is 0 Å². The minimum absolute atomic E-state index is 0.250. The van der Waals surface area contributed by atoms with E-state index in [0.29, 0.717) is 43.5 Å². The Bertz CT molecular complexity index is 982. The number of aromatic amines is 1. The molecule has 0 bridgehead atoms. The smallest absolute Gasteiger partial charge is 0.292 e. The third-order valence-corrected chi connectivity index (χ3v) is 6.09. The summed E-state index contributed by atoms with van der Waals surface area (Å²) in [6.07, 6.45) is 11.6. The van der Waals surface area contributed by atoms with Crippen LogP contribution >= 0.6 is 0 Å². The van der Waals surface area contributed by atoms with Gasteiger partial charge in [-0.1, -0.05) is 13.8 Å². The Labute approximate surface area is 207 Å². The molecule has 2 aliphatic heterocycles. The van der Waals surface area contributed by atoms with Crippen molar-refractivity contribution in [1.29, 1.82) is 0 Å². The molecule has 0 amide bonds. The summed E-state index contributed by atoms with van der Waals surface area (Å²) in [4.78, 5) is 27.8. The first kappa shape index (κ1) is 26.2. The molecular weight excluding hydrogens is 448 g/mol. The number of H-pyrrole nitrogens is 1. The van der Waals surface area contributed by atoms with Gasteiger partial charge in [0.1, 0.15) is 0 Å². The van der Waals surface area contributed by atoms with Crippen LogP contribution in [0.5, 0.6) is 0 Å². The van der Waals surface area contributed by atoms with Crippen molar-refractivity contribution in [2.75, 3.05) is 55.1 Å². The van der Waals surface area contributed by atoms with Crippen LogP contribution in [0.15, 0.2) is 6.07 Å². The number of ether oxygens (including phenoxy) is 2. The number of anilines is 4. The monoisotopic (exact) mass is 484 g/mol. The molecule has 3 aliphatic rings. The first-order valence-corrected chi connectivity index (χ1v) is 11.9. The van der Waals surface area contributed by atoms with Crippen molar-refractivity contribution in [3.05, 3.63) is 11.8 Å². The van der Waals surface area contributed by atoms with Crippen LogP contribution in [-0.2, 0) is 14.3 Å². The van der Waals surface area contributed by atoms with Crippen molar-refractivity contribution >= 4 is 30.1 Å². The lowest BCUT2D eigenvalue weighted by Crippen LogP contribution is -2.38. The molecule has 0 unspecified atom stereocenters. The number of aromatic nitrogens is 5. The zero-order valence-corrected chi connectivity index (χ0v) is 21.0. The maximum atomic E-state index is 8.95. The summed E-state index contributed by atoms with van der Waals surface area (Å²) in [5.41, 5.74) is 1.44. The first-order chi connectivity index (χ1) is 16.9. The van der Waals surface area contributed by atoms with Crippen LogP contribution in [0, 0.1) is 18.3 Å². The molecule has 0 aromatic carbocycles. The number of nitrogens with zero attached hydrogens (tertiary/aromatic N) is 6. The van der Waals surface area contributed by atoms with Crippen molar-refractivity contribution < 1.29 is 14.3 Å². The van der Waals surface area contributed by atoms with Gasteiger partial charge in [-0.05, 0) is 31.6 Å². The van der Waals surface area contributed by atoms with E-state index >= 15 is 0 Å². The standard InChI is InChI=1S/C20H30N8O.C2H4O2.C2H2/c1-13-11-20(2,3)12-28(13)19-23-17(21-16-10-15(25-26-16)14-4-5-14)22-18(24-19)27-6-8-29-9-7-27;1-4-2-3;1-2/h10,13-14H,4-9,11-12H2,1-3H3,(H2,21,22,23,24,25,26);2H,1H3;1-2H/t13-;;/m0../s1. The molecule has 11 heteroatoms. The Hall–Kier alpha value is -3.39. The lowest BCUT2D eigenvalue weighted by atomic mass is 9.91. The third kappa shape index (κ3) is 7.05. The summed E-state index contributed by atoms with van der Waals surface area (Å²) in [6, 6.07) is 2.46. The largest absolute Gasteiger partial charge is 0.471 e. The molecule has 4 heterocycles. The maximum Gasteiger partial charge on any atom is 0.292 e. The molecule has 1 aliphatic carbocycles. The second kappa shape index (κ2) is 11.8. The van der Waals surface area contributed by atoms with E-state index in [2.05, 4.69) is 69.7 Å². The highest BCUT2D eigenvalue weighted by molar-refractivity contribution is 5.54. The number of terminal acetylenes is 1. The molecule has 2 aromatic heterocycles. The fourth-order valence-corrected chi connectivity index (χ4v) is 4.42. The number of carbonyl (C=O) groups excluding carboxylic acids is 1. The molecule has 3 fully saturated rings. The zero-order chi connectivity index (χ0) is 25.4. The normalized spacial score (nSPS) is 20.7. The van der Waals surface area contributed by atoms with Gasteiger partial charge in [-0.15, -0.1) is 12.8 Å². The average molecular weight is 485 g/mol. The van der Waals surface area contributed by atoms with Crippen molar-refractivity contribution in [3.8, 4) is 12.8 Å². The van der Waals surface area contributed by atoms with E-state index in [0.717, 1.165) is 37.8 Å². The summed E-state index contributed by atoms with van der Waals surface area (Å²) in [5.74, 6) is 3.37. The topological polar surface area (TPSA) is 121 Å². The van der Waals surface area contributed by atoms with Crippen molar-refractivity contribution in [1.82, 2.24) is 25.1 Å². The van der Waals surface area contributed by atoms with Gasteiger partial charge in [0.2, 0.25) is 17.8 Å². The number of hydrogen-bond donors (Lipinski definition) is 2. The summed E-state index contributed by atoms with van der Waals surface area (Å²) in [5, 5.41) is 10.8. The van der Waals surface area contributed by atoms with Gasteiger partial charge < -0.3 is 24.6 Å². The first-order valence-electron chi connectivity index (χ1n) is 11.9. The third-order valence-electron chi connectivity index (χ3n) is 6.09. The van der Waals surface area contributed by atoms with E-state index < -0.39 is 0 Å². The molecule has 1 atom stereocenters. The molecule has 5 rings (SSSR count).